The Bertz CT molecular complexity index is 773. The first-order chi connectivity index (χ1) is 13.6. The predicted octanol–water partition coefficient (Wildman–Crippen LogP) is 4.06. The van der Waals surface area contributed by atoms with E-state index in [0.717, 1.165) is 11.4 Å². The predicted molar refractivity (Wildman–Crippen MR) is 108 cm³/mol. The Balaban J connectivity index is 0.000000275. The van der Waals surface area contributed by atoms with Gasteiger partial charge in [-0.1, -0.05) is 48.5 Å². The molecule has 2 aromatic heterocycles. The summed E-state index contributed by atoms with van der Waals surface area (Å²) in [5, 5.41) is 21.9. The van der Waals surface area contributed by atoms with Crippen LogP contribution in [0.15, 0.2) is 85.2 Å². The topological polar surface area (TPSA) is 66.2 Å². The van der Waals surface area contributed by atoms with E-state index in [4.69, 9.17) is 0 Å². The summed E-state index contributed by atoms with van der Waals surface area (Å²) in [6.45, 7) is 0. The molecule has 4 nitrogen and oxygen atoms in total. The summed E-state index contributed by atoms with van der Waals surface area (Å²) in [5.74, 6) is 0.637. The maximum atomic E-state index is 10.9. The van der Waals surface area contributed by atoms with Crippen LogP contribution >= 0.6 is 0 Å². The summed E-state index contributed by atoms with van der Waals surface area (Å²) in [7, 11) is 0. The van der Waals surface area contributed by atoms with Gasteiger partial charge in [-0.05, 0) is 61.8 Å². The van der Waals surface area contributed by atoms with Crippen molar-refractivity contribution in [1.29, 1.82) is 0 Å². The highest BCUT2D eigenvalue weighted by Gasteiger charge is 2.55. The second-order valence-electron chi connectivity index (χ2n) is 7.98. The number of hydrogen-bond donors (Lipinski definition) is 2. The zero-order valence-corrected chi connectivity index (χ0v) is 15.9. The Morgan fingerprint density at radius 3 is 1.21 bits per heavy atom. The van der Waals surface area contributed by atoms with Gasteiger partial charge in [0.15, 0.2) is 0 Å². The Morgan fingerprint density at radius 1 is 0.571 bits per heavy atom. The Labute approximate surface area is 165 Å². The van der Waals surface area contributed by atoms with Crippen molar-refractivity contribution in [3.05, 3.63) is 96.6 Å². The number of rotatable bonds is 2. The van der Waals surface area contributed by atoms with Gasteiger partial charge in [-0.25, -0.2) is 0 Å². The van der Waals surface area contributed by atoms with Crippen LogP contribution in [0.1, 0.15) is 37.1 Å². The van der Waals surface area contributed by atoms with Crippen molar-refractivity contribution in [1.82, 2.24) is 9.97 Å². The van der Waals surface area contributed by atoms with E-state index in [2.05, 4.69) is 9.97 Å². The van der Waals surface area contributed by atoms with Gasteiger partial charge < -0.3 is 10.2 Å². The van der Waals surface area contributed by atoms with E-state index in [1.807, 2.05) is 72.8 Å². The molecule has 4 heteroatoms. The first-order valence-corrected chi connectivity index (χ1v) is 9.87. The molecule has 0 amide bonds. The van der Waals surface area contributed by atoms with Gasteiger partial charge in [0.05, 0.1) is 11.4 Å². The zero-order chi connectivity index (χ0) is 19.5. The van der Waals surface area contributed by atoms with Gasteiger partial charge in [0.25, 0.3) is 0 Å². The van der Waals surface area contributed by atoms with Crippen molar-refractivity contribution >= 4 is 0 Å². The molecule has 0 unspecified atom stereocenters. The van der Waals surface area contributed by atoms with Gasteiger partial charge >= 0.3 is 0 Å². The monoisotopic (exact) mass is 374 g/mol. The maximum Gasteiger partial charge on any atom is 0.107 e. The highest BCUT2D eigenvalue weighted by atomic mass is 16.3. The molecule has 2 N–H and O–H groups in total. The molecule has 28 heavy (non-hydrogen) atoms. The molecule has 0 aliphatic heterocycles. The molecule has 2 fully saturated rings. The molecule has 0 bridgehead atoms. The van der Waals surface area contributed by atoms with Crippen LogP contribution in [-0.4, -0.2) is 20.2 Å². The van der Waals surface area contributed by atoms with Crippen LogP contribution in [-0.2, 0) is 11.2 Å². The third-order valence-electron chi connectivity index (χ3n) is 6.02. The van der Waals surface area contributed by atoms with Crippen molar-refractivity contribution in [3.8, 4) is 0 Å². The summed E-state index contributed by atoms with van der Waals surface area (Å²) in [4.78, 5) is 8.66. The third kappa shape index (κ3) is 3.84. The molecule has 2 aliphatic rings. The molecule has 2 saturated carbocycles. The lowest BCUT2D eigenvalue weighted by atomic mass is 9.88. The second-order valence-corrected chi connectivity index (χ2v) is 7.98. The minimum Gasteiger partial charge on any atom is -0.384 e. The van der Waals surface area contributed by atoms with Gasteiger partial charge in [0.2, 0.25) is 0 Å². The number of benzene rings is 1. The molecule has 1 aromatic carbocycles. The molecular weight excluding hydrogens is 348 g/mol. The Morgan fingerprint density at radius 2 is 0.929 bits per heavy atom. The smallest absolute Gasteiger partial charge is 0.107 e. The molecule has 0 radical (unpaired) electrons. The first kappa shape index (κ1) is 18.8. The van der Waals surface area contributed by atoms with Crippen LogP contribution in [0.2, 0.25) is 0 Å². The molecule has 3 aromatic rings. The summed E-state index contributed by atoms with van der Waals surface area (Å²) in [6, 6.07) is 23.3. The fourth-order valence-electron chi connectivity index (χ4n) is 4.79. The molecular formula is C24H26N2O2. The van der Waals surface area contributed by atoms with Gasteiger partial charge in [-0.15, -0.1) is 0 Å². The fraction of sp³-hybridized carbons (Fsp3) is 0.333. The normalized spacial score (nSPS) is 30.9. The van der Waals surface area contributed by atoms with Crippen LogP contribution in [0.25, 0.3) is 0 Å². The van der Waals surface area contributed by atoms with Crippen molar-refractivity contribution in [2.75, 3.05) is 0 Å². The summed E-state index contributed by atoms with van der Waals surface area (Å²) < 4.78 is 0. The first-order valence-electron chi connectivity index (χ1n) is 9.87. The molecule has 2 heterocycles. The van der Waals surface area contributed by atoms with E-state index in [1.165, 1.54) is 0 Å². The minimum absolute atomic E-state index is 0.319. The highest BCUT2D eigenvalue weighted by Crippen LogP contribution is 2.57. The van der Waals surface area contributed by atoms with Gasteiger partial charge in [0.1, 0.15) is 11.2 Å². The summed E-state index contributed by atoms with van der Waals surface area (Å²) in [5.41, 5.74) is -0.180. The van der Waals surface area contributed by atoms with Crippen molar-refractivity contribution in [3.63, 3.8) is 0 Å². The number of fused-ring (bicyclic) bond motifs is 1. The van der Waals surface area contributed by atoms with E-state index in [-0.39, 0.29) is 0 Å². The summed E-state index contributed by atoms with van der Waals surface area (Å²) >= 11 is 0. The number of pyridine rings is 2. The second kappa shape index (κ2) is 7.82. The molecule has 2 aliphatic carbocycles. The van der Waals surface area contributed by atoms with Crippen LogP contribution in [0.5, 0.6) is 0 Å². The molecule has 0 spiro atoms. The number of nitrogens with zero attached hydrogens (tertiary/aromatic N) is 2. The molecule has 144 valence electrons. The molecule has 0 saturated heterocycles. The maximum absolute atomic E-state index is 10.9. The van der Waals surface area contributed by atoms with E-state index in [0.29, 0.717) is 37.5 Å². The van der Waals surface area contributed by atoms with Crippen LogP contribution in [0.3, 0.4) is 0 Å². The fourth-order valence-corrected chi connectivity index (χ4v) is 4.79. The average molecular weight is 374 g/mol. The minimum atomic E-state index is -0.845. The van der Waals surface area contributed by atoms with E-state index in [1.54, 1.807) is 12.4 Å². The van der Waals surface area contributed by atoms with E-state index >= 15 is 0 Å². The Kier molecular flexibility index (Phi) is 5.25. The lowest BCUT2D eigenvalue weighted by Gasteiger charge is -2.27. The lowest BCUT2D eigenvalue weighted by molar-refractivity contribution is -0.00379. The number of aromatic nitrogens is 2. The van der Waals surface area contributed by atoms with Crippen LogP contribution in [0.4, 0.5) is 0 Å². The van der Waals surface area contributed by atoms with Gasteiger partial charge in [-0.3, -0.25) is 9.97 Å². The number of hydrogen-bond acceptors (Lipinski definition) is 4. The van der Waals surface area contributed by atoms with Crippen molar-refractivity contribution in [2.45, 2.75) is 36.9 Å². The van der Waals surface area contributed by atoms with Crippen molar-refractivity contribution in [2.24, 2.45) is 11.8 Å². The molecule has 0 atom stereocenters. The average Bonchev–Trinajstić information content (AvgIpc) is 3.23. The number of aliphatic hydroxyl groups is 2. The molecule has 5 rings (SSSR count). The van der Waals surface area contributed by atoms with Gasteiger partial charge in [0, 0.05) is 12.4 Å². The van der Waals surface area contributed by atoms with Crippen LogP contribution < -0.4 is 0 Å². The third-order valence-corrected chi connectivity index (χ3v) is 6.02. The summed E-state index contributed by atoms with van der Waals surface area (Å²) in [6.07, 6.45) is 6.14. The van der Waals surface area contributed by atoms with E-state index in [9.17, 15) is 10.2 Å². The quantitative estimate of drug-likeness (QED) is 0.710. The van der Waals surface area contributed by atoms with Gasteiger partial charge in [-0.2, -0.15) is 0 Å². The standard InChI is InChI=1S/C18H20N2O2.C6H6/c21-17(15-5-1-3-7-19-15)9-13-11-18(22,12-14(13)10-17)16-6-2-4-8-20-16;1-2-4-6-5-3-1/h1-8,13-14,21-22H,9-12H2;1-6H. The Hall–Kier alpha value is -2.56. The van der Waals surface area contributed by atoms with Crippen LogP contribution in [0, 0.1) is 11.8 Å². The zero-order valence-electron chi connectivity index (χ0n) is 15.9. The van der Waals surface area contributed by atoms with Crippen molar-refractivity contribution < 1.29 is 10.2 Å². The largest absolute Gasteiger partial charge is 0.384 e. The van der Waals surface area contributed by atoms with E-state index < -0.39 is 11.2 Å². The highest BCUT2D eigenvalue weighted by molar-refractivity contribution is 5.22. The lowest BCUT2D eigenvalue weighted by Crippen LogP contribution is -2.28. The SMILES string of the molecule is OC1(c2ccccn2)CC2CC(O)(c3ccccn3)CC2C1.c1ccccc1.